The second-order valence-electron chi connectivity index (χ2n) is 3.68. The first kappa shape index (κ1) is 16.6. The summed E-state index contributed by atoms with van der Waals surface area (Å²) >= 11 is 0. The van der Waals surface area contributed by atoms with Gasteiger partial charge in [-0.3, -0.25) is 14.6 Å². The Morgan fingerprint density at radius 3 is 2.00 bits per heavy atom. The number of hydroxylamine groups is 1. The second-order valence-corrected chi connectivity index (χ2v) is 5.73. The summed E-state index contributed by atoms with van der Waals surface area (Å²) in [6.07, 6.45) is 2.86. The number of amides is 1. The maximum absolute atomic E-state index is 12.1. The largest absolute Gasteiger partial charge is 0.340 e. The van der Waals surface area contributed by atoms with Crippen LogP contribution in [0.1, 0.15) is 39.5 Å². The van der Waals surface area contributed by atoms with Crippen molar-refractivity contribution in [2.45, 2.75) is 39.5 Å². The minimum Gasteiger partial charge on any atom is -0.308 e. The molecule has 1 amide bonds. The van der Waals surface area contributed by atoms with E-state index in [2.05, 4.69) is 0 Å². The second kappa shape index (κ2) is 9.59. The first-order chi connectivity index (χ1) is 8.08. The summed E-state index contributed by atoms with van der Waals surface area (Å²) in [5.74, 6) is -0.763. The van der Waals surface area contributed by atoms with E-state index in [-0.39, 0.29) is 0 Å². The molecular weight excluding hydrogens is 245 g/mol. The van der Waals surface area contributed by atoms with Crippen molar-refractivity contribution >= 4 is 13.5 Å². The van der Waals surface area contributed by atoms with Crippen molar-refractivity contribution in [3.8, 4) is 0 Å². The molecule has 0 aromatic carbocycles. The van der Waals surface area contributed by atoms with Crippen LogP contribution in [0.3, 0.4) is 0 Å². The van der Waals surface area contributed by atoms with Crippen molar-refractivity contribution in [1.29, 1.82) is 0 Å². The topological polar surface area (TPSA) is 84.9 Å². The van der Waals surface area contributed by atoms with Crippen molar-refractivity contribution < 1.29 is 23.6 Å². The van der Waals surface area contributed by atoms with E-state index < -0.39 is 19.7 Å². The lowest BCUT2D eigenvalue weighted by Crippen LogP contribution is -2.23. The third-order valence-corrected chi connectivity index (χ3v) is 3.86. The lowest BCUT2D eigenvalue weighted by atomic mass is 10.4. The lowest BCUT2D eigenvalue weighted by Gasteiger charge is -2.17. The van der Waals surface area contributed by atoms with Gasteiger partial charge < -0.3 is 9.05 Å². The number of hydrogen-bond acceptors (Lipinski definition) is 5. The van der Waals surface area contributed by atoms with Gasteiger partial charge in [0, 0.05) is 0 Å². The van der Waals surface area contributed by atoms with Crippen LogP contribution in [0.4, 0.5) is 0 Å². The van der Waals surface area contributed by atoms with Crippen LogP contribution in [0.25, 0.3) is 0 Å². The summed E-state index contributed by atoms with van der Waals surface area (Å²) in [4.78, 5) is 11.0. The van der Waals surface area contributed by atoms with E-state index in [4.69, 9.17) is 14.3 Å². The van der Waals surface area contributed by atoms with Crippen LogP contribution < -0.4 is 5.48 Å². The van der Waals surface area contributed by atoms with Gasteiger partial charge >= 0.3 is 7.60 Å². The molecule has 0 unspecified atom stereocenters. The predicted octanol–water partition coefficient (Wildman–Crippen LogP) is 2.32. The van der Waals surface area contributed by atoms with Gasteiger partial charge in [-0.15, -0.1) is 0 Å². The highest BCUT2D eigenvalue weighted by molar-refractivity contribution is 7.54. The van der Waals surface area contributed by atoms with Crippen LogP contribution in [0.15, 0.2) is 0 Å². The molecule has 0 rings (SSSR count). The number of rotatable bonds is 10. The molecule has 102 valence electrons. The van der Waals surface area contributed by atoms with Crippen LogP contribution in [0.2, 0.25) is 0 Å². The molecule has 6 nitrogen and oxygen atoms in total. The summed E-state index contributed by atoms with van der Waals surface area (Å²) in [6.45, 7) is 4.54. The van der Waals surface area contributed by atoms with Gasteiger partial charge in [0.2, 0.25) is 0 Å². The van der Waals surface area contributed by atoms with Crippen LogP contribution in [-0.2, 0) is 18.4 Å². The Morgan fingerprint density at radius 2 is 1.65 bits per heavy atom. The van der Waals surface area contributed by atoms with Crippen molar-refractivity contribution in [3.05, 3.63) is 0 Å². The molecule has 0 fully saturated rings. The van der Waals surface area contributed by atoms with Gasteiger partial charge in [0.15, 0.2) is 0 Å². The van der Waals surface area contributed by atoms with Crippen LogP contribution >= 0.6 is 7.60 Å². The summed E-state index contributed by atoms with van der Waals surface area (Å²) in [5, 5.41) is 8.41. The number of nitrogens with one attached hydrogen (secondary N) is 1. The zero-order valence-electron chi connectivity index (χ0n) is 10.5. The van der Waals surface area contributed by atoms with Crippen LogP contribution in [-0.4, -0.2) is 30.5 Å². The molecule has 0 aliphatic rings. The van der Waals surface area contributed by atoms with E-state index >= 15 is 0 Å². The van der Waals surface area contributed by atoms with Crippen LogP contribution in [0, 0.1) is 0 Å². The normalized spacial score (nSPS) is 11.5. The minimum atomic E-state index is -3.42. The Labute approximate surface area is 102 Å². The van der Waals surface area contributed by atoms with Crippen LogP contribution in [0.5, 0.6) is 0 Å². The van der Waals surface area contributed by atoms with E-state index in [1.165, 1.54) is 5.48 Å². The average Bonchev–Trinajstić information content (AvgIpc) is 2.29. The maximum atomic E-state index is 12.1. The van der Waals surface area contributed by atoms with Crippen molar-refractivity contribution in [2.24, 2.45) is 0 Å². The number of carbonyl (C=O) groups excluding carboxylic acids is 1. The average molecular weight is 267 g/mol. The highest BCUT2D eigenvalue weighted by Gasteiger charge is 2.28. The Morgan fingerprint density at radius 1 is 1.18 bits per heavy atom. The molecule has 0 aromatic rings. The highest BCUT2D eigenvalue weighted by Crippen LogP contribution is 2.48. The molecule has 0 saturated carbocycles. The van der Waals surface area contributed by atoms with E-state index in [1.807, 2.05) is 13.8 Å². The zero-order chi connectivity index (χ0) is 13.1. The standard InChI is InChI=1S/C10H22NO5P/c1-3-5-7-15-17(14,9-10(12)11-13)16-8-6-4-2/h13H,3-9H2,1-2H3,(H,11,12). The van der Waals surface area contributed by atoms with E-state index in [1.54, 1.807) is 0 Å². The summed E-state index contributed by atoms with van der Waals surface area (Å²) in [7, 11) is -3.42. The Balaban J connectivity index is 4.24. The van der Waals surface area contributed by atoms with Gasteiger partial charge in [-0.05, 0) is 12.8 Å². The molecule has 0 aromatic heterocycles. The molecule has 0 aliphatic heterocycles. The van der Waals surface area contributed by atoms with E-state index in [0.717, 1.165) is 25.7 Å². The van der Waals surface area contributed by atoms with Gasteiger partial charge in [-0.2, -0.15) is 0 Å². The summed E-state index contributed by atoms with van der Waals surface area (Å²) in [6, 6.07) is 0. The molecular formula is C10H22NO5P. The monoisotopic (exact) mass is 267 g/mol. The summed E-state index contributed by atoms with van der Waals surface area (Å²) < 4.78 is 22.4. The molecule has 0 aliphatic carbocycles. The smallest absolute Gasteiger partial charge is 0.308 e. The SMILES string of the molecule is CCCCOP(=O)(CC(=O)NO)OCCCC. The molecule has 0 spiro atoms. The molecule has 2 N–H and O–H groups in total. The van der Waals surface area contributed by atoms with Gasteiger partial charge in [0.1, 0.15) is 6.16 Å². The van der Waals surface area contributed by atoms with E-state index in [9.17, 15) is 9.36 Å². The Hall–Kier alpha value is -0.420. The van der Waals surface area contributed by atoms with Gasteiger partial charge in [0.05, 0.1) is 13.2 Å². The first-order valence-electron chi connectivity index (χ1n) is 5.89. The first-order valence-corrected chi connectivity index (χ1v) is 7.61. The Kier molecular flexibility index (Phi) is 9.36. The number of hydrogen-bond donors (Lipinski definition) is 2. The fourth-order valence-corrected chi connectivity index (χ4v) is 2.53. The molecule has 7 heteroatoms. The fourth-order valence-electron chi connectivity index (χ4n) is 1.04. The molecule has 0 atom stereocenters. The molecule has 17 heavy (non-hydrogen) atoms. The third-order valence-electron chi connectivity index (χ3n) is 2.03. The highest BCUT2D eigenvalue weighted by atomic mass is 31.2. The Bertz CT molecular complexity index is 245. The van der Waals surface area contributed by atoms with Crippen molar-refractivity contribution in [1.82, 2.24) is 5.48 Å². The molecule has 0 heterocycles. The molecule has 0 radical (unpaired) electrons. The fraction of sp³-hybridized carbons (Fsp3) is 0.900. The predicted molar refractivity (Wildman–Crippen MR) is 64.1 cm³/mol. The van der Waals surface area contributed by atoms with E-state index in [0.29, 0.717) is 13.2 Å². The van der Waals surface area contributed by atoms with Crippen molar-refractivity contribution in [2.75, 3.05) is 19.4 Å². The van der Waals surface area contributed by atoms with Gasteiger partial charge in [0.25, 0.3) is 5.91 Å². The quantitative estimate of drug-likeness (QED) is 0.274. The van der Waals surface area contributed by atoms with Gasteiger partial charge in [-0.25, -0.2) is 5.48 Å². The lowest BCUT2D eigenvalue weighted by molar-refractivity contribution is -0.126. The number of carbonyl (C=O) groups is 1. The summed E-state index contributed by atoms with van der Waals surface area (Å²) in [5.41, 5.74) is 1.43. The molecule has 0 bridgehead atoms. The number of unbranched alkanes of at least 4 members (excludes halogenated alkanes) is 2. The van der Waals surface area contributed by atoms with Crippen molar-refractivity contribution in [3.63, 3.8) is 0 Å². The molecule has 0 saturated heterocycles. The maximum Gasteiger partial charge on any atom is 0.340 e. The van der Waals surface area contributed by atoms with Gasteiger partial charge in [-0.1, -0.05) is 26.7 Å². The zero-order valence-corrected chi connectivity index (χ0v) is 11.4. The third kappa shape index (κ3) is 8.32. The minimum absolute atomic E-state index is 0.290.